The van der Waals surface area contributed by atoms with Gasteiger partial charge in [-0.1, -0.05) is 0 Å². The Morgan fingerprint density at radius 3 is 2.00 bits per heavy atom. The first-order valence-electron chi connectivity index (χ1n) is 4.46. The van der Waals surface area contributed by atoms with E-state index in [0.29, 0.717) is 5.75 Å². The second-order valence-electron chi connectivity index (χ2n) is 3.78. The van der Waals surface area contributed by atoms with E-state index in [9.17, 15) is 8.42 Å². The Balaban J connectivity index is 3.18. The first kappa shape index (κ1) is 12.0. The Bertz CT molecular complexity index is 429. The van der Waals surface area contributed by atoms with Crippen molar-refractivity contribution in [3.8, 4) is 5.75 Å². The van der Waals surface area contributed by atoms with Crippen molar-refractivity contribution in [1.82, 2.24) is 0 Å². The summed E-state index contributed by atoms with van der Waals surface area (Å²) < 4.78 is 28.7. The summed E-state index contributed by atoms with van der Waals surface area (Å²) in [4.78, 5) is -1.07. The van der Waals surface area contributed by atoms with Crippen molar-refractivity contribution in [2.75, 3.05) is 7.11 Å². The molecule has 1 rings (SSSR count). The van der Waals surface area contributed by atoms with Crippen LogP contribution in [0.2, 0.25) is 0 Å². The number of rotatable bonds is 3. The van der Waals surface area contributed by atoms with Crippen molar-refractivity contribution in [3.05, 3.63) is 24.3 Å². The Kier molecular flexibility index (Phi) is 3.06. The molecule has 0 saturated heterocycles. The largest absolute Gasteiger partial charge is 0.497 e. The van der Waals surface area contributed by atoms with Gasteiger partial charge in [0.15, 0.2) is 9.84 Å². The molecule has 84 valence electrons. The Morgan fingerprint density at radius 1 is 1.20 bits per heavy atom. The molecule has 0 fully saturated rings. The van der Waals surface area contributed by atoms with Crippen molar-refractivity contribution in [2.24, 2.45) is 5.73 Å². The smallest absolute Gasteiger partial charge is 0.196 e. The molecule has 2 N–H and O–H groups in total. The van der Waals surface area contributed by atoms with Gasteiger partial charge >= 0.3 is 0 Å². The molecular weight excluding hydrogens is 214 g/mol. The van der Waals surface area contributed by atoms with Crippen molar-refractivity contribution in [1.29, 1.82) is 0 Å². The standard InChI is InChI=1S/C10H15NO3S/c1-10(2,11)15(12,13)9-6-4-8(14-3)5-7-9/h4-7H,11H2,1-3H3. The topological polar surface area (TPSA) is 69.4 Å². The van der Waals surface area contributed by atoms with Gasteiger partial charge in [0.25, 0.3) is 0 Å². The first-order chi connectivity index (χ1) is 6.79. The lowest BCUT2D eigenvalue weighted by molar-refractivity contribution is 0.414. The average Bonchev–Trinajstić information content (AvgIpc) is 2.16. The van der Waals surface area contributed by atoms with Crippen LogP contribution in [0.15, 0.2) is 29.2 Å². The van der Waals surface area contributed by atoms with Crippen LogP contribution < -0.4 is 10.5 Å². The molecule has 0 radical (unpaired) electrons. The van der Waals surface area contributed by atoms with E-state index < -0.39 is 14.7 Å². The molecule has 0 heterocycles. The van der Waals surface area contributed by atoms with Crippen LogP contribution >= 0.6 is 0 Å². The molecule has 0 unspecified atom stereocenters. The van der Waals surface area contributed by atoms with Crippen molar-refractivity contribution >= 4 is 9.84 Å². The van der Waals surface area contributed by atoms with Crippen molar-refractivity contribution in [2.45, 2.75) is 23.6 Å². The Hall–Kier alpha value is -1.07. The monoisotopic (exact) mass is 229 g/mol. The molecular formula is C10H15NO3S. The summed E-state index contributed by atoms with van der Waals surface area (Å²) in [5.74, 6) is 0.615. The first-order valence-corrected chi connectivity index (χ1v) is 5.95. The number of sulfone groups is 1. The van der Waals surface area contributed by atoms with Crippen LogP contribution in [0, 0.1) is 0 Å². The number of nitrogens with two attached hydrogens (primary N) is 1. The minimum Gasteiger partial charge on any atom is -0.497 e. The third-order valence-electron chi connectivity index (χ3n) is 2.06. The molecule has 15 heavy (non-hydrogen) atoms. The fourth-order valence-corrected chi connectivity index (χ4v) is 2.16. The molecule has 0 amide bonds. The average molecular weight is 229 g/mol. The maximum absolute atomic E-state index is 11.9. The van der Waals surface area contributed by atoms with E-state index in [-0.39, 0.29) is 4.90 Å². The highest BCUT2D eigenvalue weighted by molar-refractivity contribution is 7.92. The fraction of sp³-hybridized carbons (Fsp3) is 0.400. The molecule has 5 heteroatoms. The molecule has 0 atom stereocenters. The van der Waals surface area contributed by atoms with Gasteiger partial charge in [0.2, 0.25) is 0 Å². The Labute approximate surface area is 90.0 Å². The van der Waals surface area contributed by atoms with Crippen molar-refractivity contribution < 1.29 is 13.2 Å². The Morgan fingerprint density at radius 2 is 1.67 bits per heavy atom. The van der Waals surface area contributed by atoms with Gasteiger partial charge in [-0.3, -0.25) is 0 Å². The van der Waals surface area contributed by atoms with E-state index >= 15 is 0 Å². The maximum Gasteiger partial charge on any atom is 0.196 e. The zero-order valence-corrected chi connectivity index (χ0v) is 9.84. The molecule has 0 saturated carbocycles. The van der Waals surface area contributed by atoms with Gasteiger partial charge in [-0.2, -0.15) is 0 Å². The fourth-order valence-electron chi connectivity index (χ4n) is 1.06. The summed E-state index contributed by atoms with van der Waals surface area (Å²) in [6.07, 6.45) is 0. The van der Waals surface area contributed by atoms with Crippen LogP contribution in [0.1, 0.15) is 13.8 Å². The van der Waals surface area contributed by atoms with Gasteiger partial charge in [0.1, 0.15) is 10.6 Å². The normalized spacial score (nSPS) is 12.5. The van der Waals surface area contributed by atoms with Gasteiger partial charge in [0.05, 0.1) is 12.0 Å². The summed E-state index contributed by atoms with van der Waals surface area (Å²) in [5.41, 5.74) is 5.60. The van der Waals surface area contributed by atoms with E-state index in [1.165, 1.54) is 33.1 Å². The SMILES string of the molecule is COc1ccc(S(=O)(=O)C(C)(C)N)cc1. The van der Waals surface area contributed by atoms with Crippen LogP contribution in [-0.4, -0.2) is 20.4 Å². The van der Waals surface area contributed by atoms with E-state index in [1.54, 1.807) is 12.1 Å². The second-order valence-corrected chi connectivity index (χ2v) is 6.31. The minimum absolute atomic E-state index is 0.204. The predicted molar refractivity (Wildman–Crippen MR) is 58.4 cm³/mol. The molecule has 0 aliphatic rings. The number of benzene rings is 1. The van der Waals surface area contributed by atoms with E-state index in [0.717, 1.165) is 0 Å². The highest BCUT2D eigenvalue weighted by Crippen LogP contribution is 2.22. The zero-order chi connectivity index (χ0) is 11.7. The van der Waals surface area contributed by atoms with Crippen LogP contribution in [0.4, 0.5) is 0 Å². The molecule has 1 aromatic carbocycles. The van der Waals surface area contributed by atoms with Gasteiger partial charge < -0.3 is 10.5 Å². The molecule has 0 bridgehead atoms. The van der Waals surface area contributed by atoms with Gasteiger partial charge in [-0.25, -0.2) is 8.42 Å². The summed E-state index contributed by atoms with van der Waals surface area (Å²) in [7, 11) is -1.96. The zero-order valence-electron chi connectivity index (χ0n) is 9.02. The summed E-state index contributed by atoms with van der Waals surface area (Å²) in [6.45, 7) is 2.93. The maximum atomic E-state index is 11.9. The van der Waals surface area contributed by atoms with Crippen LogP contribution in [0.3, 0.4) is 0 Å². The van der Waals surface area contributed by atoms with Crippen molar-refractivity contribution in [3.63, 3.8) is 0 Å². The number of ether oxygens (including phenoxy) is 1. The van der Waals surface area contributed by atoms with Gasteiger partial charge in [-0.05, 0) is 38.1 Å². The number of hydrogen-bond acceptors (Lipinski definition) is 4. The lowest BCUT2D eigenvalue weighted by Crippen LogP contribution is -2.41. The molecule has 0 spiro atoms. The molecule has 0 aliphatic carbocycles. The van der Waals surface area contributed by atoms with Crippen LogP contribution in [-0.2, 0) is 9.84 Å². The summed E-state index contributed by atoms with van der Waals surface area (Å²) in [6, 6.07) is 6.17. The number of hydrogen-bond donors (Lipinski definition) is 1. The molecule has 0 aromatic heterocycles. The van der Waals surface area contributed by atoms with Crippen LogP contribution in [0.5, 0.6) is 5.75 Å². The lowest BCUT2D eigenvalue weighted by atomic mass is 10.3. The quantitative estimate of drug-likeness (QED) is 0.844. The third-order valence-corrected chi connectivity index (χ3v) is 4.34. The summed E-state index contributed by atoms with van der Waals surface area (Å²) in [5, 5.41) is 0. The number of methoxy groups -OCH3 is 1. The van der Waals surface area contributed by atoms with Gasteiger partial charge in [-0.15, -0.1) is 0 Å². The van der Waals surface area contributed by atoms with E-state index in [1.807, 2.05) is 0 Å². The molecule has 0 aliphatic heterocycles. The second kappa shape index (κ2) is 3.83. The predicted octanol–water partition coefficient (Wildman–Crippen LogP) is 1.16. The van der Waals surface area contributed by atoms with E-state index in [2.05, 4.69) is 0 Å². The van der Waals surface area contributed by atoms with Gasteiger partial charge in [0, 0.05) is 0 Å². The highest BCUT2D eigenvalue weighted by Gasteiger charge is 2.31. The molecule has 4 nitrogen and oxygen atoms in total. The highest BCUT2D eigenvalue weighted by atomic mass is 32.2. The molecule has 1 aromatic rings. The lowest BCUT2D eigenvalue weighted by Gasteiger charge is -2.19. The summed E-state index contributed by atoms with van der Waals surface area (Å²) >= 11 is 0. The van der Waals surface area contributed by atoms with E-state index in [4.69, 9.17) is 10.5 Å². The third kappa shape index (κ3) is 2.30. The van der Waals surface area contributed by atoms with Crippen LogP contribution in [0.25, 0.3) is 0 Å². The minimum atomic E-state index is -3.48.